The summed E-state index contributed by atoms with van der Waals surface area (Å²) in [6.45, 7) is 6.58. The Bertz CT molecular complexity index is 147. The van der Waals surface area contributed by atoms with Gasteiger partial charge in [-0.25, -0.2) is 4.79 Å². The molecule has 0 radical (unpaired) electrons. The van der Waals surface area contributed by atoms with Gasteiger partial charge in [0.25, 0.3) is 0 Å². The fourth-order valence-corrected chi connectivity index (χ4v) is 1.58. The van der Waals surface area contributed by atoms with E-state index in [1.54, 1.807) is 0 Å². The lowest BCUT2D eigenvalue weighted by Crippen LogP contribution is -2.04. The fraction of sp³-hybridized carbons (Fsp3) is 0.625. The number of rotatable bonds is 7. The Labute approximate surface area is 94.0 Å². The molecule has 86 valence electrons. The van der Waals surface area contributed by atoms with Crippen LogP contribution < -0.4 is 6.15 Å². The van der Waals surface area contributed by atoms with Crippen molar-refractivity contribution in [3.8, 4) is 0 Å². The molecule has 14 heavy (non-hydrogen) atoms. The molecule has 0 heterocycles. The van der Waals surface area contributed by atoms with Crippen molar-refractivity contribution in [1.29, 1.82) is 0 Å². The summed E-state index contributed by atoms with van der Waals surface area (Å²) in [6.07, 6.45) is 2.09. The molecule has 0 aliphatic heterocycles. The van der Waals surface area contributed by atoms with Gasteiger partial charge in [-0.15, -0.1) is 12.4 Å². The average Bonchev–Trinajstić information content (AvgIpc) is 2.10. The highest BCUT2D eigenvalue weighted by Gasteiger charge is 1.94. The maximum atomic E-state index is 10.5. The first kappa shape index (κ1) is 19.2. The molecule has 0 fully saturated rings. The molecule has 0 aromatic heterocycles. The second-order valence-corrected chi connectivity index (χ2v) is 3.80. The molecule has 0 aliphatic carbocycles. The number of carbonyl (C=O) groups excluding carboxylic acids is 1. The van der Waals surface area contributed by atoms with Crippen LogP contribution in [0, 0.1) is 0 Å². The van der Waals surface area contributed by atoms with Gasteiger partial charge in [0.05, 0.1) is 6.61 Å². The minimum absolute atomic E-state index is 0. The van der Waals surface area contributed by atoms with E-state index in [0.29, 0.717) is 6.61 Å². The maximum absolute atomic E-state index is 10.5. The smallest absolute Gasteiger partial charge is 0.330 e. The van der Waals surface area contributed by atoms with E-state index < -0.39 is 0 Å². The monoisotopic (exact) mass is 241 g/mol. The first-order chi connectivity index (χ1) is 5.81. The number of ether oxygens (including phenoxy) is 1. The van der Waals surface area contributed by atoms with Gasteiger partial charge in [0.1, 0.15) is 0 Å². The fourth-order valence-electron chi connectivity index (χ4n) is 0.682. The van der Waals surface area contributed by atoms with Crippen LogP contribution in [0.4, 0.5) is 0 Å². The van der Waals surface area contributed by atoms with E-state index in [2.05, 4.69) is 6.58 Å². The van der Waals surface area contributed by atoms with Gasteiger partial charge in [-0.2, -0.15) is 0 Å². The van der Waals surface area contributed by atoms with Crippen molar-refractivity contribution in [2.24, 2.45) is 0 Å². The number of hydrogen-bond acceptors (Lipinski definition) is 4. The van der Waals surface area contributed by atoms with Gasteiger partial charge in [0.2, 0.25) is 0 Å². The van der Waals surface area contributed by atoms with Crippen LogP contribution in [-0.2, 0) is 14.0 Å². The highest BCUT2D eigenvalue weighted by Crippen LogP contribution is 1.91. The van der Waals surface area contributed by atoms with Crippen LogP contribution in [0.1, 0.15) is 13.3 Å². The van der Waals surface area contributed by atoms with Crippen molar-refractivity contribution >= 4 is 28.1 Å². The minimum Gasteiger partial charge on any atom is -0.463 e. The molecule has 0 aromatic carbocycles. The maximum Gasteiger partial charge on any atom is 0.330 e. The molecular weight excluding hydrogens is 222 g/mol. The zero-order chi connectivity index (χ0) is 9.23. The van der Waals surface area contributed by atoms with Crippen LogP contribution in [-0.4, -0.2) is 28.9 Å². The molecule has 0 aliphatic rings. The van der Waals surface area contributed by atoms with Gasteiger partial charge >= 0.3 is 5.97 Å². The molecule has 0 atom stereocenters. The zero-order valence-electron chi connectivity index (χ0n) is 8.66. The number of carbonyl (C=O) groups is 1. The lowest BCUT2D eigenvalue weighted by atomic mass is 10.5. The van der Waals surface area contributed by atoms with Crippen LogP contribution in [0.25, 0.3) is 0 Å². The van der Waals surface area contributed by atoms with Crippen molar-refractivity contribution in [2.75, 3.05) is 13.2 Å². The van der Waals surface area contributed by atoms with Gasteiger partial charge in [-0.3, -0.25) is 0 Å². The van der Waals surface area contributed by atoms with Crippen molar-refractivity contribution < 1.29 is 14.0 Å². The third-order valence-corrected chi connectivity index (χ3v) is 2.78. The average molecular weight is 242 g/mol. The summed E-state index contributed by atoms with van der Waals surface area (Å²) in [5.74, 6) is -0.340. The van der Waals surface area contributed by atoms with Crippen molar-refractivity contribution in [2.45, 2.75) is 19.4 Å². The molecule has 0 saturated carbocycles. The molecule has 0 bridgehead atoms. The molecule has 6 heteroatoms. The van der Waals surface area contributed by atoms with Crippen LogP contribution >= 0.6 is 12.4 Å². The Morgan fingerprint density at radius 3 is 2.71 bits per heavy atom. The third kappa shape index (κ3) is 14.2. The summed E-state index contributed by atoms with van der Waals surface area (Å²) < 4.78 is 10.0. The van der Waals surface area contributed by atoms with Crippen LogP contribution in [0.2, 0.25) is 6.04 Å². The van der Waals surface area contributed by atoms with E-state index >= 15 is 0 Å². The van der Waals surface area contributed by atoms with E-state index in [0.717, 1.165) is 19.1 Å². The van der Waals surface area contributed by atoms with Gasteiger partial charge in [0.15, 0.2) is 9.76 Å². The Morgan fingerprint density at radius 2 is 2.21 bits per heavy atom. The second kappa shape index (κ2) is 15.1. The van der Waals surface area contributed by atoms with E-state index in [1.807, 2.05) is 6.92 Å². The summed E-state index contributed by atoms with van der Waals surface area (Å²) in [5, 5.41) is 0. The zero-order valence-corrected chi connectivity index (χ0v) is 10.9. The second-order valence-electron chi connectivity index (χ2n) is 2.28. The van der Waals surface area contributed by atoms with Crippen LogP contribution in [0.5, 0.6) is 0 Å². The standard InChI is InChI=1S/C8H16O3Si.ClH.H3N/c1-3-8(9)10-6-5-7-12-11-4-2;;/h3H,1,4-7,12H2,2H3;1H;1H3. The summed E-state index contributed by atoms with van der Waals surface area (Å²) in [5.41, 5.74) is 0. The predicted molar refractivity (Wildman–Crippen MR) is 63.0 cm³/mol. The van der Waals surface area contributed by atoms with E-state index in [4.69, 9.17) is 9.16 Å². The highest BCUT2D eigenvalue weighted by molar-refractivity contribution is 6.26. The van der Waals surface area contributed by atoms with Gasteiger partial charge in [-0.1, -0.05) is 6.58 Å². The Kier molecular flexibility index (Phi) is 20.8. The normalized spacial score (nSPS) is 8.93. The Morgan fingerprint density at radius 1 is 1.57 bits per heavy atom. The first-order valence-corrected chi connectivity index (χ1v) is 5.76. The molecule has 0 saturated heterocycles. The largest absolute Gasteiger partial charge is 0.463 e. The Balaban J connectivity index is -0.000000605. The van der Waals surface area contributed by atoms with Crippen molar-refractivity contribution in [3.63, 3.8) is 0 Å². The van der Waals surface area contributed by atoms with Gasteiger partial charge in [0, 0.05) is 12.7 Å². The molecule has 0 aromatic rings. The Hall–Kier alpha value is -0.363. The summed E-state index contributed by atoms with van der Waals surface area (Å²) >= 11 is 0. The topological polar surface area (TPSA) is 70.5 Å². The van der Waals surface area contributed by atoms with Crippen molar-refractivity contribution in [1.82, 2.24) is 6.15 Å². The molecule has 0 amide bonds. The minimum atomic E-state index is -0.357. The molecule has 0 unspecified atom stereocenters. The molecular formula is C8H20ClNO3Si. The van der Waals surface area contributed by atoms with Gasteiger partial charge < -0.3 is 15.3 Å². The van der Waals surface area contributed by atoms with Crippen LogP contribution in [0.3, 0.4) is 0 Å². The highest BCUT2D eigenvalue weighted by atomic mass is 35.5. The number of halogens is 1. The molecule has 3 N–H and O–H groups in total. The third-order valence-electron chi connectivity index (χ3n) is 1.30. The molecule has 0 rings (SSSR count). The number of hydrogen-bond donors (Lipinski definition) is 1. The van der Waals surface area contributed by atoms with Crippen molar-refractivity contribution in [3.05, 3.63) is 12.7 Å². The molecule has 0 spiro atoms. The lowest BCUT2D eigenvalue weighted by Gasteiger charge is -2.01. The SMILES string of the molecule is C=CC(=O)OCCC[SiH2]OCC.Cl.N. The predicted octanol–water partition coefficient (Wildman–Crippen LogP) is 1.23. The molecule has 4 nitrogen and oxygen atoms in total. The summed E-state index contributed by atoms with van der Waals surface area (Å²) in [7, 11) is -0.357. The quantitative estimate of drug-likeness (QED) is 0.315. The van der Waals surface area contributed by atoms with Crippen LogP contribution in [0.15, 0.2) is 12.7 Å². The van der Waals surface area contributed by atoms with Gasteiger partial charge in [-0.05, 0) is 19.4 Å². The summed E-state index contributed by atoms with van der Waals surface area (Å²) in [6, 6.07) is 1.07. The summed E-state index contributed by atoms with van der Waals surface area (Å²) in [4.78, 5) is 10.5. The number of esters is 1. The van der Waals surface area contributed by atoms with E-state index in [9.17, 15) is 4.79 Å². The van der Waals surface area contributed by atoms with E-state index in [-0.39, 0.29) is 34.3 Å². The lowest BCUT2D eigenvalue weighted by molar-refractivity contribution is -0.137. The first-order valence-electron chi connectivity index (χ1n) is 4.18. The van der Waals surface area contributed by atoms with E-state index in [1.165, 1.54) is 6.08 Å².